The van der Waals surface area contributed by atoms with Crippen LogP contribution in [-0.2, 0) is 37.9 Å². The fourth-order valence-electron chi connectivity index (χ4n) is 3.71. The number of unbranched alkanes of at least 4 members (excludes halogenated alkanes) is 2. The lowest BCUT2D eigenvalue weighted by Crippen LogP contribution is -2.02. The van der Waals surface area contributed by atoms with Crippen LogP contribution >= 0.6 is 0 Å². The summed E-state index contributed by atoms with van der Waals surface area (Å²) in [5.74, 6) is 0. The van der Waals surface area contributed by atoms with E-state index in [1.807, 2.05) is 12.2 Å². The summed E-state index contributed by atoms with van der Waals surface area (Å²) in [5.41, 5.74) is 0. The van der Waals surface area contributed by atoms with Gasteiger partial charge in [-0.15, -0.1) is 0 Å². The molecule has 0 spiro atoms. The normalized spacial score (nSPS) is 25.8. The SMILES string of the molecule is C(=C/COCC1CO1)/COCC1CO1.C(=C\CC/C=C/COCC1CO1)/CC/C=C/COCC1CO1.C1=CCC/C=C\CC1. The van der Waals surface area contributed by atoms with Crippen LogP contribution in [-0.4, -0.2) is 104 Å². The first-order valence-electron chi connectivity index (χ1n) is 16.6. The highest BCUT2D eigenvalue weighted by molar-refractivity contribution is 4.93. The molecular weight excluding hydrogens is 560 g/mol. The molecule has 248 valence electrons. The van der Waals surface area contributed by atoms with E-state index in [9.17, 15) is 0 Å². The second kappa shape index (κ2) is 26.3. The van der Waals surface area contributed by atoms with Gasteiger partial charge in [0.2, 0.25) is 0 Å². The van der Waals surface area contributed by atoms with Crippen molar-refractivity contribution in [3.05, 3.63) is 72.9 Å². The van der Waals surface area contributed by atoms with Gasteiger partial charge in [0.1, 0.15) is 24.4 Å². The van der Waals surface area contributed by atoms with Crippen LogP contribution in [0.1, 0.15) is 51.4 Å². The summed E-state index contributed by atoms with van der Waals surface area (Å²) in [6.07, 6.45) is 36.7. The molecule has 8 heteroatoms. The average Bonchev–Trinajstić information content (AvgIpc) is 3.80. The molecule has 0 bridgehead atoms. The lowest BCUT2D eigenvalue weighted by Gasteiger charge is -1.97. The summed E-state index contributed by atoms with van der Waals surface area (Å²) in [7, 11) is 0. The highest BCUT2D eigenvalue weighted by atomic mass is 16.6. The van der Waals surface area contributed by atoms with E-state index in [0.29, 0.717) is 64.1 Å². The molecule has 0 radical (unpaired) electrons. The summed E-state index contributed by atoms with van der Waals surface area (Å²) in [6.45, 7) is 9.01. The summed E-state index contributed by atoms with van der Waals surface area (Å²) in [4.78, 5) is 0. The first-order valence-corrected chi connectivity index (χ1v) is 16.6. The maximum Gasteiger partial charge on any atom is 0.104 e. The Morgan fingerprint density at radius 2 is 0.614 bits per heavy atom. The van der Waals surface area contributed by atoms with Gasteiger partial charge in [-0.05, 0) is 51.4 Å². The van der Waals surface area contributed by atoms with Crippen LogP contribution in [0.3, 0.4) is 0 Å². The summed E-state index contributed by atoms with van der Waals surface area (Å²) < 4.78 is 41.6. The molecule has 44 heavy (non-hydrogen) atoms. The van der Waals surface area contributed by atoms with E-state index in [0.717, 1.165) is 65.3 Å². The Balaban J connectivity index is 0.000000203. The van der Waals surface area contributed by atoms with Crippen LogP contribution in [0.15, 0.2) is 72.9 Å². The van der Waals surface area contributed by atoms with Crippen LogP contribution < -0.4 is 0 Å². The standard InChI is InChI=1S/C18H28O4.C10H16O4.C8H12/c1(3-5-7-9-11-19-13-17-15-21-17)2-4-6-8-10-12-20-14-18-16-22-18;1(3-11-5-9-7-13-9)2-4-12-6-10-8-14-10;1-2-4-6-8-7-5-3-1/h1-2,7-10,17-18H,3-6,11-16H2;1-2,9-10H,3-8H2;1-2,7-8H,3-6H2/b2-1+,9-7+,10-8+;2-1-;2-1-,8-7?. The molecule has 5 rings (SSSR count). The fraction of sp³-hybridized carbons (Fsp3) is 0.667. The van der Waals surface area contributed by atoms with Gasteiger partial charge >= 0.3 is 0 Å². The van der Waals surface area contributed by atoms with Gasteiger partial charge in [0.05, 0.1) is 79.3 Å². The number of epoxide rings is 4. The third-order valence-electron chi connectivity index (χ3n) is 6.68. The zero-order valence-corrected chi connectivity index (χ0v) is 26.6. The number of hydrogen-bond donors (Lipinski definition) is 0. The molecule has 0 aromatic heterocycles. The van der Waals surface area contributed by atoms with Crippen molar-refractivity contribution in [3.63, 3.8) is 0 Å². The predicted molar refractivity (Wildman–Crippen MR) is 174 cm³/mol. The molecule has 8 nitrogen and oxygen atoms in total. The predicted octanol–water partition coefficient (Wildman–Crippen LogP) is 6.09. The zero-order chi connectivity index (χ0) is 30.6. The van der Waals surface area contributed by atoms with Gasteiger partial charge in [-0.3, -0.25) is 0 Å². The van der Waals surface area contributed by atoms with Gasteiger partial charge in [0.25, 0.3) is 0 Å². The third-order valence-corrected chi connectivity index (χ3v) is 6.68. The molecular formula is C36H56O8. The van der Waals surface area contributed by atoms with Gasteiger partial charge in [0.15, 0.2) is 0 Å². The number of allylic oxidation sites excluding steroid dienone is 8. The highest BCUT2D eigenvalue weighted by Gasteiger charge is 2.23. The van der Waals surface area contributed by atoms with E-state index in [2.05, 4.69) is 60.8 Å². The zero-order valence-electron chi connectivity index (χ0n) is 26.6. The van der Waals surface area contributed by atoms with Crippen molar-refractivity contribution < 1.29 is 37.9 Å². The fourth-order valence-corrected chi connectivity index (χ4v) is 3.71. The third kappa shape index (κ3) is 26.5. The van der Waals surface area contributed by atoms with Crippen LogP contribution in [0.25, 0.3) is 0 Å². The van der Waals surface area contributed by atoms with Crippen molar-refractivity contribution in [1.29, 1.82) is 0 Å². The first kappa shape index (κ1) is 36.6. The molecule has 5 aliphatic rings. The topological polar surface area (TPSA) is 87.0 Å². The van der Waals surface area contributed by atoms with Gasteiger partial charge in [0, 0.05) is 0 Å². The van der Waals surface area contributed by atoms with Crippen molar-refractivity contribution in [2.24, 2.45) is 0 Å². The Morgan fingerprint density at radius 1 is 0.386 bits per heavy atom. The highest BCUT2D eigenvalue weighted by Crippen LogP contribution is 2.10. The molecule has 0 aromatic carbocycles. The van der Waals surface area contributed by atoms with E-state index in [-0.39, 0.29) is 0 Å². The Labute approximate surface area is 265 Å². The molecule has 0 saturated carbocycles. The summed E-state index contributed by atoms with van der Waals surface area (Å²) >= 11 is 0. The van der Waals surface area contributed by atoms with Crippen molar-refractivity contribution in [2.45, 2.75) is 75.8 Å². The monoisotopic (exact) mass is 616 g/mol. The van der Waals surface area contributed by atoms with Crippen molar-refractivity contribution >= 4 is 0 Å². The largest absolute Gasteiger partial charge is 0.375 e. The molecule has 4 unspecified atom stereocenters. The second-order valence-corrected chi connectivity index (χ2v) is 11.1. The average molecular weight is 617 g/mol. The molecule has 4 aliphatic heterocycles. The van der Waals surface area contributed by atoms with E-state index >= 15 is 0 Å². The maximum absolute atomic E-state index is 5.42. The minimum atomic E-state index is 0.353. The minimum absolute atomic E-state index is 0.353. The smallest absolute Gasteiger partial charge is 0.104 e. The number of ether oxygens (including phenoxy) is 8. The molecule has 4 fully saturated rings. The number of hydrogen-bond acceptors (Lipinski definition) is 8. The molecule has 4 atom stereocenters. The van der Waals surface area contributed by atoms with Crippen molar-refractivity contribution in [1.82, 2.24) is 0 Å². The second-order valence-electron chi connectivity index (χ2n) is 11.1. The Morgan fingerprint density at radius 3 is 0.864 bits per heavy atom. The molecule has 4 saturated heterocycles. The van der Waals surface area contributed by atoms with Crippen LogP contribution in [0.5, 0.6) is 0 Å². The van der Waals surface area contributed by atoms with E-state index in [4.69, 9.17) is 37.9 Å². The molecule has 0 aromatic rings. The van der Waals surface area contributed by atoms with Crippen LogP contribution in [0, 0.1) is 0 Å². The lowest BCUT2D eigenvalue weighted by atomic mass is 10.1. The van der Waals surface area contributed by atoms with E-state index in [1.165, 1.54) is 25.7 Å². The van der Waals surface area contributed by atoms with Crippen LogP contribution in [0.4, 0.5) is 0 Å². The van der Waals surface area contributed by atoms with Gasteiger partial charge in [-0.1, -0.05) is 72.9 Å². The first-order chi connectivity index (χ1) is 21.9. The maximum atomic E-state index is 5.42. The molecule has 1 aliphatic carbocycles. The Bertz CT molecular complexity index is 768. The lowest BCUT2D eigenvalue weighted by molar-refractivity contribution is 0.134. The van der Waals surface area contributed by atoms with Crippen LogP contribution in [0.2, 0.25) is 0 Å². The summed E-state index contributed by atoms with van der Waals surface area (Å²) in [5, 5.41) is 0. The van der Waals surface area contributed by atoms with Crippen molar-refractivity contribution in [2.75, 3.05) is 79.3 Å². The molecule has 4 heterocycles. The van der Waals surface area contributed by atoms with Gasteiger partial charge in [-0.25, -0.2) is 0 Å². The quantitative estimate of drug-likeness (QED) is 0.0821. The minimum Gasteiger partial charge on any atom is -0.375 e. The van der Waals surface area contributed by atoms with Crippen molar-refractivity contribution in [3.8, 4) is 0 Å². The number of rotatable bonds is 22. The Hall–Kier alpha value is -1.88. The summed E-state index contributed by atoms with van der Waals surface area (Å²) in [6, 6.07) is 0. The van der Waals surface area contributed by atoms with E-state index < -0.39 is 0 Å². The molecule has 0 N–H and O–H groups in total. The molecule has 0 amide bonds. The Kier molecular flexibility index (Phi) is 21.9. The van der Waals surface area contributed by atoms with Gasteiger partial charge in [-0.2, -0.15) is 0 Å². The van der Waals surface area contributed by atoms with E-state index in [1.54, 1.807) is 0 Å². The van der Waals surface area contributed by atoms with Gasteiger partial charge < -0.3 is 37.9 Å².